The van der Waals surface area contributed by atoms with Gasteiger partial charge in [-0.15, -0.1) is 11.3 Å². The summed E-state index contributed by atoms with van der Waals surface area (Å²) in [5.41, 5.74) is 3.68. The lowest BCUT2D eigenvalue weighted by atomic mass is 10.0. The van der Waals surface area contributed by atoms with Gasteiger partial charge in [-0.05, 0) is 18.4 Å². The van der Waals surface area contributed by atoms with E-state index >= 15 is 0 Å². The molecule has 1 nitrogen and oxygen atoms in total. The smallest absolute Gasteiger partial charge is 0.123 e. The maximum Gasteiger partial charge on any atom is 0.123 e. The van der Waals surface area contributed by atoms with Crippen molar-refractivity contribution in [3.8, 4) is 10.6 Å². The van der Waals surface area contributed by atoms with E-state index < -0.39 is 0 Å². The van der Waals surface area contributed by atoms with Crippen molar-refractivity contribution in [1.29, 1.82) is 0 Å². The number of benzene rings is 1. The average Bonchev–Trinajstić information content (AvgIpc) is 2.70. The summed E-state index contributed by atoms with van der Waals surface area (Å²) in [6.45, 7) is 6.47. The summed E-state index contributed by atoms with van der Waals surface area (Å²) in [4.78, 5) is 5.86. The average molecular weight is 263 g/mol. The van der Waals surface area contributed by atoms with Crippen molar-refractivity contribution in [2.75, 3.05) is 0 Å². The molecule has 2 rings (SSSR count). The minimum atomic E-state index is 0.579. The van der Waals surface area contributed by atoms with E-state index in [-0.39, 0.29) is 0 Å². The van der Waals surface area contributed by atoms with Crippen molar-refractivity contribution in [2.45, 2.75) is 32.4 Å². The second-order valence-electron chi connectivity index (χ2n) is 4.46. The largest absolute Gasteiger partial charge is 0.241 e. The Hall–Kier alpha value is -0.800. The van der Waals surface area contributed by atoms with E-state index in [1.165, 1.54) is 16.0 Å². The zero-order valence-corrected chi connectivity index (χ0v) is 12.1. The van der Waals surface area contributed by atoms with Gasteiger partial charge in [-0.2, -0.15) is 12.6 Å². The molecule has 0 bridgehead atoms. The fourth-order valence-electron chi connectivity index (χ4n) is 1.71. The summed E-state index contributed by atoms with van der Waals surface area (Å²) in [7, 11) is 0. The van der Waals surface area contributed by atoms with E-state index in [9.17, 15) is 0 Å². The molecular formula is C14H17NS2. The molecule has 0 spiro atoms. The van der Waals surface area contributed by atoms with Gasteiger partial charge in [0.1, 0.15) is 5.01 Å². The predicted molar refractivity (Wildman–Crippen MR) is 79.1 cm³/mol. The number of thiazole rings is 1. The lowest BCUT2D eigenvalue weighted by Gasteiger charge is -2.05. The third kappa shape index (κ3) is 2.72. The number of aryl methyl sites for hydroxylation is 1. The Morgan fingerprint density at radius 2 is 1.88 bits per heavy atom. The topological polar surface area (TPSA) is 12.9 Å². The summed E-state index contributed by atoms with van der Waals surface area (Å²) in [6.07, 6.45) is 0. The Bertz CT molecular complexity index is 497. The number of hydrogen-bond acceptors (Lipinski definition) is 3. The Labute approximate surface area is 112 Å². The van der Waals surface area contributed by atoms with Crippen LogP contribution in [0.5, 0.6) is 0 Å². The van der Waals surface area contributed by atoms with Crippen molar-refractivity contribution < 1.29 is 0 Å². The standard InChI is InChI=1S/C14H17NS2/c1-9(2)11-4-6-12(7-5-11)14-15-10(3)13(8-16)17-14/h4-7,9,16H,8H2,1-3H3. The van der Waals surface area contributed by atoms with Crippen LogP contribution in [0.25, 0.3) is 10.6 Å². The Morgan fingerprint density at radius 1 is 1.24 bits per heavy atom. The molecule has 0 aliphatic rings. The Balaban J connectivity index is 2.33. The quantitative estimate of drug-likeness (QED) is 0.794. The first-order valence-corrected chi connectivity index (χ1v) is 7.24. The SMILES string of the molecule is Cc1nc(-c2ccc(C(C)C)cc2)sc1CS. The summed E-state index contributed by atoms with van der Waals surface area (Å²) >= 11 is 6.06. The van der Waals surface area contributed by atoms with Gasteiger partial charge in [0.25, 0.3) is 0 Å². The number of nitrogens with zero attached hydrogens (tertiary/aromatic N) is 1. The minimum Gasteiger partial charge on any atom is -0.241 e. The second-order valence-corrected chi connectivity index (χ2v) is 5.86. The van der Waals surface area contributed by atoms with Crippen LogP contribution in [0.1, 0.15) is 35.9 Å². The van der Waals surface area contributed by atoms with E-state index in [2.05, 4.69) is 55.7 Å². The first-order chi connectivity index (χ1) is 8.11. The maximum absolute atomic E-state index is 4.60. The molecule has 0 N–H and O–H groups in total. The highest BCUT2D eigenvalue weighted by Crippen LogP contribution is 2.29. The molecular weight excluding hydrogens is 246 g/mol. The lowest BCUT2D eigenvalue weighted by Crippen LogP contribution is -1.86. The molecule has 3 heteroatoms. The first-order valence-electron chi connectivity index (χ1n) is 5.79. The van der Waals surface area contributed by atoms with Crippen LogP contribution in [-0.4, -0.2) is 4.98 Å². The predicted octanol–water partition coefficient (Wildman–Crippen LogP) is 4.67. The van der Waals surface area contributed by atoms with Crippen LogP contribution in [0, 0.1) is 6.92 Å². The van der Waals surface area contributed by atoms with Gasteiger partial charge in [0.15, 0.2) is 0 Å². The van der Waals surface area contributed by atoms with Crippen molar-refractivity contribution in [1.82, 2.24) is 4.98 Å². The number of aromatic nitrogens is 1. The van der Waals surface area contributed by atoms with Crippen LogP contribution in [0.15, 0.2) is 24.3 Å². The molecule has 17 heavy (non-hydrogen) atoms. The zero-order chi connectivity index (χ0) is 12.4. The molecule has 2 aromatic rings. The van der Waals surface area contributed by atoms with Crippen molar-refractivity contribution in [2.24, 2.45) is 0 Å². The van der Waals surface area contributed by atoms with Gasteiger partial charge in [0, 0.05) is 16.2 Å². The van der Waals surface area contributed by atoms with Crippen LogP contribution < -0.4 is 0 Å². The molecule has 0 fully saturated rings. The minimum absolute atomic E-state index is 0.579. The molecule has 1 heterocycles. The molecule has 1 aromatic heterocycles. The van der Waals surface area contributed by atoms with Crippen molar-refractivity contribution in [3.63, 3.8) is 0 Å². The van der Waals surface area contributed by atoms with E-state index in [1.54, 1.807) is 11.3 Å². The highest BCUT2D eigenvalue weighted by molar-refractivity contribution is 7.79. The summed E-state index contributed by atoms with van der Waals surface area (Å²) in [6, 6.07) is 8.71. The number of thiol groups is 1. The molecule has 0 aliphatic carbocycles. The second kappa shape index (κ2) is 5.23. The number of rotatable bonds is 3. The van der Waals surface area contributed by atoms with Gasteiger partial charge in [-0.3, -0.25) is 0 Å². The van der Waals surface area contributed by atoms with Crippen molar-refractivity contribution in [3.05, 3.63) is 40.4 Å². The summed E-state index contributed by atoms with van der Waals surface area (Å²) < 4.78 is 0. The summed E-state index contributed by atoms with van der Waals surface area (Å²) in [5.74, 6) is 1.35. The molecule has 0 aliphatic heterocycles. The third-order valence-corrected chi connectivity index (χ3v) is 4.60. The molecule has 90 valence electrons. The molecule has 0 saturated heterocycles. The molecule has 0 saturated carbocycles. The van der Waals surface area contributed by atoms with Crippen LogP contribution in [0.3, 0.4) is 0 Å². The van der Waals surface area contributed by atoms with Gasteiger partial charge in [-0.25, -0.2) is 4.98 Å². The van der Waals surface area contributed by atoms with E-state index in [4.69, 9.17) is 0 Å². The van der Waals surface area contributed by atoms with Crippen LogP contribution >= 0.6 is 24.0 Å². The fourth-order valence-corrected chi connectivity index (χ4v) is 3.06. The maximum atomic E-state index is 4.60. The fraction of sp³-hybridized carbons (Fsp3) is 0.357. The molecule has 0 unspecified atom stereocenters. The van der Waals surface area contributed by atoms with E-state index in [0.717, 1.165) is 16.5 Å². The zero-order valence-electron chi connectivity index (χ0n) is 10.4. The molecule has 0 radical (unpaired) electrons. The lowest BCUT2D eigenvalue weighted by molar-refractivity contribution is 0.867. The van der Waals surface area contributed by atoms with Gasteiger partial charge in [0.05, 0.1) is 5.69 Å². The first kappa shape index (κ1) is 12.7. The normalized spacial score (nSPS) is 11.1. The Morgan fingerprint density at radius 3 is 2.35 bits per heavy atom. The van der Waals surface area contributed by atoms with Gasteiger partial charge < -0.3 is 0 Å². The molecule has 1 aromatic carbocycles. The molecule has 0 amide bonds. The van der Waals surface area contributed by atoms with E-state index in [0.29, 0.717) is 5.92 Å². The highest BCUT2D eigenvalue weighted by atomic mass is 32.1. The van der Waals surface area contributed by atoms with Crippen LogP contribution in [0.2, 0.25) is 0 Å². The third-order valence-electron chi connectivity index (χ3n) is 2.86. The number of hydrogen-bond donors (Lipinski definition) is 1. The van der Waals surface area contributed by atoms with Crippen molar-refractivity contribution >= 4 is 24.0 Å². The highest BCUT2D eigenvalue weighted by Gasteiger charge is 2.08. The van der Waals surface area contributed by atoms with Crippen LogP contribution in [-0.2, 0) is 5.75 Å². The van der Waals surface area contributed by atoms with E-state index in [1.807, 2.05) is 6.92 Å². The monoisotopic (exact) mass is 263 g/mol. The van der Waals surface area contributed by atoms with Gasteiger partial charge in [-0.1, -0.05) is 38.1 Å². The van der Waals surface area contributed by atoms with Gasteiger partial charge >= 0.3 is 0 Å². The van der Waals surface area contributed by atoms with Gasteiger partial charge in [0.2, 0.25) is 0 Å². The Kier molecular flexibility index (Phi) is 3.89. The summed E-state index contributed by atoms with van der Waals surface area (Å²) in [5, 5.41) is 1.10. The molecule has 0 atom stereocenters. The van der Waals surface area contributed by atoms with Crippen LogP contribution in [0.4, 0.5) is 0 Å².